The number of thiophene rings is 1. The quantitative estimate of drug-likeness (QED) is 0.797. The highest BCUT2D eigenvalue weighted by molar-refractivity contribution is 7.09. The van der Waals surface area contributed by atoms with E-state index in [2.05, 4.69) is 5.32 Å². The number of carboxylic acids is 1. The number of carbonyl (C=O) groups is 2. The van der Waals surface area contributed by atoms with Crippen LogP contribution >= 0.6 is 11.3 Å². The van der Waals surface area contributed by atoms with Gasteiger partial charge < -0.3 is 10.4 Å². The molecule has 0 bridgehead atoms. The Bertz CT molecular complexity index is 418. The molecular formula is C13H20N2O3S. The summed E-state index contributed by atoms with van der Waals surface area (Å²) >= 11 is 1.64. The average Bonchev–Trinajstić information content (AvgIpc) is 2.78. The molecule has 1 rings (SSSR count). The molecule has 0 aliphatic heterocycles. The Labute approximate surface area is 117 Å². The molecule has 0 aromatic carbocycles. The number of aliphatic carboxylic acids is 1. The highest BCUT2D eigenvalue weighted by atomic mass is 32.1. The second kappa shape index (κ2) is 7.25. The van der Waals surface area contributed by atoms with Gasteiger partial charge in [0, 0.05) is 30.9 Å². The van der Waals surface area contributed by atoms with Gasteiger partial charge in [-0.15, -0.1) is 11.3 Å². The standard InChI is InChI=1S/C13H20N2O3S/c1-9(2)15(7-11-5-4-6-19-11)8-12(13(17)18)14-10(3)16/h4-6,9,12H,7-8H2,1-3H3,(H,14,16)(H,17,18). The van der Waals surface area contributed by atoms with E-state index in [4.69, 9.17) is 5.11 Å². The summed E-state index contributed by atoms with van der Waals surface area (Å²) in [5, 5.41) is 13.6. The van der Waals surface area contributed by atoms with Crippen molar-refractivity contribution >= 4 is 23.2 Å². The zero-order valence-corrected chi connectivity index (χ0v) is 12.2. The van der Waals surface area contributed by atoms with Crippen LogP contribution in [0.25, 0.3) is 0 Å². The van der Waals surface area contributed by atoms with E-state index in [1.54, 1.807) is 11.3 Å². The van der Waals surface area contributed by atoms with Crippen LogP contribution in [0.15, 0.2) is 17.5 Å². The number of carbonyl (C=O) groups excluding carboxylic acids is 1. The average molecular weight is 284 g/mol. The third-order valence-corrected chi connectivity index (χ3v) is 3.62. The molecule has 1 aromatic rings. The van der Waals surface area contributed by atoms with Crippen LogP contribution < -0.4 is 5.32 Å². The Morgan fingerprint density at radius 2 is 2.16 bits per heavy atom. The van der Waals surface area contributed by atoms with Gasteiger partial charge in [-0.2, -0.15) is 0 Å². The lowest BCUT2D eigenvalue weighted by molar-refractivity contribution is -0.142. The molecule has 5 nitrogen and oxygen atoms in total. The first-order valence-corrected chi connectivity index (χ1v) is 7.04. The van der Waals surface area contributed by atoms with E-state index in [0.717, 1.165) is 0 Å². The van der Waals surface area contributed by atoms with Crippen molar-refractivity contribution in [1.82, 2.24) is 10.2 Å². The minimum Gasteiger partial charge on any atom is -0.480 e. The fraction of sp³-hybridized carbons (Fsp3) is 0.538. The summed E-state index contributed by atoms with van der Waals surface area (Å²) in [7, 11) is 0. The SMILES string of the molecule is CC(=O)NC(CN(Cc1cccs1)C(C)C)C(=O)O. The van der Waals surface area contributed by atoms with Crippen LogP contribution in [0.4, 0.5) is 0 Å². The van der Waals surface area contributed by atoms with Gasteiger partial charge in [-0.25, -0.2) is 4.79 Å². The van der Waals surface area contributed by atoms with Gasteiger partial charge >= 0.3 is 5.97 Å². The summed E-state index contributed by atoms with van der Waals surface area (Å²) in [4.78, 5) is 25.4. The van der Waals surface area contributed by atoms with Crippen molar-refractivity contribution in [1.29, 1.82) is 0 Å². The highest BCUT2D eigenvalue weighted by Crippen LogP contribution is 2.14. The van der Waals surface area contributed by atoms with Crippen molar-refractivity contribution in [2.24, 2.45) is 0 Å². The van der Waals surface area contributed by atoms with E-state index >= 15 is 0 Å². The van der Waals surface area contributed by atoms with Crippen LogP contribution in [0.2, 0.25) is 0 Å². The maximum atomic E-state index is 11.2. The summed E-state index contributed by atoms with van der Waals surface area (Å²) < 4.78 is 0. The fourth-order valence-electron chi connectivity index (χ4n) is 1.73. The summed E-state index contributed by atoms with van der Waals surface area (Å²) in [5.74, 6) is -1.33. The molecule has 0 fully saturated rings. The monoisotopic (exact) mass is 284 g/mol. The summed E-state index contributed by atoms with van der Waals surface area (Å²) in [5.41, 5.74) is 0. The molecule has 6 heteroatoms. The van der Waals surface area contributed by atoms with Crippen LogP contribution in [0.3, 0.4) is 0 Å². The van der Waals surface area contributed by atoms with E-state index in [9.17, 15) is 9.59 Å². The summed E-state index contributed by atoms with van der Waals surface area (Å²) in [6, 6.07) is 3.33. The first-order valence-electron chi connectivity index (χ1n) is 6.16. The van der Waals surface area contributed by atoms with Crippen LogP contribution in [-0.2, 0) is 16.1 Å². The van der Waals surface area contributed by atoms with Gasteiger partial charge in [-0.05, 0) is 25.3 Å². The Hall–Kier alpha value is -1.40. The first kappa shape index (κ1) is 15.7. The molecule has 0 aliphatic rings. The maximum Gasteiger partial charge on any atom is 0.327 e. The Morgan fingerprint density at radius 1 is 1.47 bits per heavy atom. The first-order chi connectivity index (χ1) is 8.90. The zero-order chi connectivity index (χ0) is 14.4. The van der Waals surface area contributed by atoms with Crippen molar-refractivity contribution in [2.75, 3.05) is 6.54 Å². The topological polar surface area (TPSA) is 69.6 Å². The molecular weight excluding hydrogens is 264 g/mol. The van der Waals surface area contributed by atoms with Gasteiger partial charge in [0.1, 0.15) is 6.04 Å². The smallest absolute Gasteiger partial charge is 0.327 e. The molecule has 19 heavy (non-hydrogen) atoms. The molecule has 1 unspecified atom stereocenters. The predicted molar refractivity (Wildman–Crippen MR) is 75.1 cm³/mol. The number of nitrogens with one attached hydrogen (secondary N) is 1. The van der Waals surface area contributed by atoms with Crippen molar-refractivity contribution in [3.8, 4) is 0 Å². The molecule has 0 aliphatic carbocycles. The van der Waals surface area contributed by atoms with Gasteiger partial charge in [0.15, 0.2) is 0 Å². The molecule has 2 N–H and O–H groups in total. The molecule has 106 valence electrons. The van der Waals surface area contributed by atoms with Gasteiger partial charge in [0.2, 0.25) is 5.91 Å². The predicted octanol–water partition coefficient (Wildman–Crippen LogP) is 1.55. The molecule has 0 radical (unpaired) electrons. The van der Waals surface area contributed by atoms with E-state index < -0.39 is 12.0 Å². The number of amides is 1. The molecule has 1 aromatic heterocycles. The highest BCUT2D eigenvalue weighted by Gasteiger charge is 2.23. The fourth-order valence-corrected chi connectivity index (χ4v) is 2.46. The molecule has 0 saturated carbocycles. The lowest BCUT2D eigenvalue weighted by Crippen LogP contribution is -2.49. The lowest BCUT2D eigenvalue weighted by Gasteiger charge is -2.28. The van der Waals surface area contributed by atoms with E-state index in [0.29, 0.717) is 13.1 Å². The van der Waals surface area contributed by atoms with Crippen LogP contribution in [0, 0.1) is 0 Å². The third-order valence-electron chi connectivity index (χ3n) is 2.76. The minimum absolute atomic E-state index is 0.206. The molecule has 1 atom stereocenters. The number of rotatable bonds is 7. The van der Waals surface area contributed by atoms with Crippen molar-refractivity contribution < 1.29 is 14.7 Å². The van der Waals surface area contributed by atoms with Gasteiger partial charge in [-0.1, -0.05) is 6.07 Å². The Kier molecular flexibility index (Phi) is 5.98. The van der Waals surface area contributed by atoms with Crippen LogP contribution in [0.5, 0.6) is 0 Å². The second-order valence-electron chi connectivity index (χ2n) is 4.69. The van der Waals surface area contributed by atoms with E-state index in [1.165, 1.54) is 11.8 Å². The second-order valence-corrected chi connectivity index (χ2v) is 5.73. The molecule has 1 heterocycles. The molecule has 1 amide bonds. The minimum atomic E-state index is -1.01. The number of hydrogen-bond acceptors (Lipinski definition) is 4. The summed E-state index contributed by atoms with van der Waals surface area (Å²) in [6.45, 7) is 6.35. The Morgan fingerprint density at radius 3 is 2.58 bits per heavy atom. The lowest BCUT2D eigenvalue weighted by atomic mass is 10.2. The largest absolute Gasteiger partial charge is 0.480 e. The third kappa shape index (κ3) is 5.40. The number of carboxylic acid groups (broad SMARTS) is 1. The Balaban J connectivity index is 2.70. The zero-order valence-electron chi connectivity index (χ0n) is 11.4. The molecule has 0 spiro atoms. The van der Waals surface area contributed by atoms with Crippen molar-refractivity contribution in [3.63, 3.8) is 0 Å². The summed E-state index contributed by atoms with van der Waals surface area (Å²) in [6.07, 6.45) is 0. The van der Waals surface area contributed by atoms with E-state index in [-0.39, 0.29) is 11.9 Å². The van der Waals surface area contributed by atoms with Crippen LogP contribution in [0.1, 0.15) is 25.6 Å². The maximum absolute atomic E-state index is 11.2. The normalized spacial score (nSPS) is 12.7. The van der Waals surface area contributed by atoms with Crippen molar-refractivity contribution in [3.05, 3.63) is 22.4 Å². The van der Waals surface area contributed by atoms with Gasteiger partial charge in [-0.3, -0.25) is 9.69 Å². The van der Waals surface area contributed by atoms with Gasteiger partial charge in [0.25, 0.3) is 0 Å². The van der Waals surface area contributed by atoms with E-state index in [1.807, 2.05) is 36.3 Å². The molecule has 0 saturated heterocycles. The van der Waals surface area contributed by atoms with Gasteiger partial charge in [0.05, 0.1) is 0 Å². The number of nitrogens with zero attached hydrogens (tertiary/aromatic N) is 1. The van der Waals surface area contributed by atoms with Crippen molar-refractivity contribution in [2.45, 2.75) is 39.4 Å². The number of hydrogen-bond donors (Lipinski definition) is 2. The van der Waals surface area contributed by atoms with Crippen LogP contribution in [-0.4, -0.2) is 40.5 Å².